The van der Waals surface area contributed by atoms with E-state index in [1.165, 1.54) is 22.7 Å². The van der Waals surface area contributed by atoms with E-state index in [0.717, 1.165) is 0 Å². The van der Waals surface area contributed by atoms with Crippen molar-refractivity contribution in [3.05, 3.63) is 52.8 Å². The number of nitrogens with two attached hydrogens (primary N) is 1. The van der Waals surface area contributed by atoms with Crippen molar-refractivity contribution in [3.63, 3.8) is 0 Å². The summed E-state index contributed by atoms with van der Waals surface area (Å²) in [5.41, 5.74) is 7.15. The van der Waals surface area contributed by atoms with Crippen molar-refractivity contribution >= 4 is 39.6 Å². The van der Waals surface area contributed by atoms with Crippen LogP contribution in [0.25, 0.3) is 22.0 Å². The number of rotatable bonds is 5. The lowest BCUT2D eigenvalue weighted by atomic mass is 10.2. The van der Waals surface area contributed by atoms with Crippen LogP contribution in [0.3, 0.4) is 0 Å². The molecule has 10 heteroatoms. The summed E-state index contributed by atoms with van der Waals surface area (Å²) in [4.78, 5) is 34.9. The number of aromatic nitrogens is 3. The molecule has 0 radical (unpaired) electrons. The van der Waals surface area contributed by atoms with E-state index in [1.807, 2.05) is 0 Å². The molecule has 0 saturated heterocycles. The zero-order chi connectivity index (χ0) is 18.1. The summed E-state index contributed by atoms with van der Waals surface area (Å²) in [7, 11) is 0. The summed E-state index contributed by atoms with van der Waals surface area (Å²) in [6.45, 7) is 0. The fourth-order valence-corrected chi connectivity index (χ4v) is 3.68. The van der Waals surface area contributed by atoms with E-state index in [2.05, 4.69) is 20.3 Å². The van der Waals surface area contributed by atoms with Gasteiger partial charge in [0.1, 0.15) is 11.4 Å². The maximum atomic E-state index is 12.3. The quantitative estimate of drug-likeness (QED) is 0.486. The second kappa shape index (κ2) is 6.58. The number of nitrogens with zero attached hydrogens (tertiary/aromatic N) is 2. The molecule has 0 aliphatic rings. The maximum absolute atomic E-state index is 12.3. The number of hydrogen-bond acceptors (Lipinski definition) is 7. The largest absolute Gasteiger partial charge is 0.462 e. The Balaban J connectivity index is 1.48. The second-order valence-corrected chi connectivity index (χ2v) is 6.89. The van der Waals surface area contributed by atoms with Gasteiger partial charge in [0.2, 0.25) is 0 Å². The van der Waals surface area contributed by atoms with E-state index < -0.39 is 5.91 Å². The van der Waals surface area contributed by atoms with Crippen LogP contribution in [0.4, 0.5) is 5.13 Å². The number of furan rings is 1. The van der Waals surface area contributed by atoms with Crippen molar-refractivity contribution < 1.29 is 14.0 Å². The number of carbonyl (C=O) groups excluding carboxylic acids is 2. The topological polar surface area (TPSA) is 127 Å². The first-order valence-corrected chi connectivity index (χ1v) is 9.11. The van der Waals surface area contributed by atoms with E-state index in [-0.39, 0.29) is 11.6 Å². The summed E-state index contributed by atoms with van der Waals surface area (Å²) >= 11 is 2.60. The van der Waals surface area contributed by atoms with Crippen molar-refractivity contribution in [2.24, 2.45) is 5.73 Å². The molecule has 0 bridgehead atoms. The van der Waals surface area contributed by atoms with Gasteiger partial charge in [-0.25, -0.2) is 9.97 Å². The highest BCUT2D eigenvalue weighted by Gasteiger charge is 2.16. The Labute approximate surface area is 154 Å². The van der Waals surface area contributed by atoms with Crippen LogP contribution in [0.2, 0.25) is 0 Å². The number of hydrogen-bond donors (Lipinski definition) is 3. The highest BCUT2D eigenvalue weighted by Crippen LogP contribution is 2.27. The maximum Gasteiger partial charge on any atom is 0.276 e. The lowest BCUT2D eigenvalue weighted by Crippen LogP contribution is -2.12. The van der Waals surface area contributed by atoms with Gasteiger partial charge in [-0.1, -0.05) is 0 Å². The summed E-state index contributed by atoms with van der Waals surface area (Å²) in [5.74, 6) is -0.286. The molecule has 4 aromatic rings. The Morgan fingerprint density at radius 1 is 1.23 bits per heavy atom. The molecule has 26 heavy (non-hydrogen) atoms. The Morgan fingerprint density at radius 3 is 2.85 bits per heavy atom. The van der Waals surface area contributed by atoms with E-state index in [0.29, 0.717) is 32.9 Å². The minimum atomic E-state index is -0.545. The lowest BCUT2D eigenvalue weighted by molar-refractivity contribution is 0.0993. The van der Waals surface area contributed by atoms with Gasteiger partial charge in [-0.05, 0) is 18.2 Å². The van der Waals surface area contributed by atoms with Gasteiger partial charge in [-0.2, -0.15) is 0 Å². The van der Waals surface area contributed by atoms with Crippen LogP contribution in [0.15, 0.2) is 45.8 Å². The molecule has 0 fully saturated rings. The minimum Gasteiger partial charge on any atom is -0.462 e. The molecule has 2 amide bonds. The van der Waals surface area contributed by atoms with Crippen molar-refractivity contribution in [1.29, 1.82) is 0 Å². The molecular formula is C16H11N5O3S2. The zero-order valence-electron chi connectivity index (χ0n) is 13.1. The SMILES string of the molecule is NC(=O)c1cc(-c2csc(NC(=O)c3csc(-c4ccco4)n3)n2)c[nH]1. The molecule has 4 rings (SSSR count). The van der Waals surface area contributed by atoms with Gasteiger partial charge in [-0.3, -0.25) is 14.9 Å². The minimum absolute atomic E-state index is 0.288. The molecule has 4 N–H and O–H groups in total. The van der Waals surface area contributed by atoms with Gasteiger partial charge >= 0.3 is 0 Å². The van der Waals surface area contributed by atoms with Crippen molar-refractivity contribution in [2.75, 3.05) is 5.32 Å². The smallest absolute Gasteiger partial charge is 0.276 e. The zero-order valence-corrected chi connectivity index (χ0v) is 14.7. The molecule has 0 aromatic carbocycles. The van der Waals surface area contributed by atoms with Crippen LogP contribution < -0.4 is 11.1 Å². The van der Waals surface area contributed by atoms with Crippen LogP contribution in [0, 0.1) is 0 Å². The van der Waals surface area contributed by atoms with Crippen LogP contribution in [-0.2, 0) is 0 Å². The number of aromatic amines is 1. The monoisotopic (exact) mass is 385 g/mol. The molecule has 0 atom stereocenters. The fourth-order valence-electron chi connectivity index (χ4n) is 2.20. The van der Waals surface area contributed by atoms with Gasteiger partial charge in [-0.15, -0.1) is 22.7 Å². The fraction of sp³-hybridized carbons (Fsp3) is 0. The molecule has 0 aliphatic heterocycles. The Kier molecular flexibility index (Phi) is 4.11. The molecule has 0 saturated carbocycles. The highest BCUT2D eigenvalue weighted by molar-refractivity contribution is 7.14. The van der Waals surface area contributed by atoms with E-state index in [9.17, 15) is 9.59 Å². The van der Waals surface area contributed by atoms with Crippen LogP contribution in [0.1, 0.15) is 21.0 Å². The number of primary amides is 1. The first-order chi connectivity index (χ1) is 12.6. The molecular weight excluding hydrogens is 374 g/mol. The van der Waals surface area contributed by atoms with Crippen molar-refractivity contribution in [2.45, 2.75) is 0 Å². The highest BCUT2D eigenvalue weighted by atomic mass is 32.1. The van der Waals surface area contributed by atoms with Crippen LogP contribution in [-0.4, -0.2) is 26.8 Å². The summed E-state index contributed by atoms with van der Waals surface area (Å²) in [6.07, 6.45) is 3.19. The molecule has 4 aromatic heterocycles. The number of amides is 2. The Morgan fingerprint density at radius 2 is 2.12 bits per heavy atom. The molecule has 4 heterocycles. The predicted molar refractivity (Wildman–Crippen MR) is 98.2 cm³/mol. The van der Waals surface area contributed by atoms with Crippen molar-refractivity contribution in [3.8, 4) is 22.0 Å². The van der Waals surface area contributed by atoms with Gasteiger partial charge < -0.3 is 15.1 Å². The second-order valence-electron chi connectivity index (χ2n) is 5.17. The molecule has 0 aliphatic carbocycles. The number of thiazole rings is 2. The summed E-state index contributed by atoms with van der Waals surface area (Å²) < 4.78 is 5.27. The average Bonchev–Trinajstić information content (AvgIpc) is 3.39. The Hall–Kier alpha value is -3.24. The molecule has 130 valence electrons. The van der Waals surface area contributed by atoms with Gasteiger partial charge in [0, 0.05) is 22.5 Å². The van der Waals surface area contributed by atoms with E-state index in [1.54, 1.807) is 41.4 Å². The number of nitrogens with one attached hydrogen (secondary N) is 2. The van der Waals surface area contributed by atoms with Gasteiger partial charge in [0.05, 0.1) is 12.0 Å². The molecule has 0 unspecified atom stereocenters. The number of carbonyl (C=O) groups is 2. The third-order valence-electron chi connectivity index (χ3n) is 3.44. The lowest BCUT2D eigenvalue weighted by Gasteiger charge is -1.97. The molecule has 8 nitrogen and oxygen atoms in total. The summed E-state index contributed by atoms with van der Waals surface area (Å²) in [5, 5.41) is 7.21. The van der Waals surface area contributed by atoms with Crippen LogP contribution >= 0.6 is 22.7 Å². The average molecular weight is 385 g/mol. The summed E-state index contributed by atoms with van der Waals surface area (Å²) in [6, 6.07) is 5.15. The normalized spacial score (nSPS) is 10.8. The van der Waals surface area contributed by atoms with Gasteiger partial charge in [0.25, 0.3) is 11.8 Å². The predicted octanol–water partition coefficient (Wildman–Crippen LogP) is 3.21. The number of anilines is 1. The van der Waals surface area contributed by atoms with Crippen molar-refractivity contribution in [1.82, 2.24) is 15.0 Å². The third-order valence-corrected chi connectivity index (χ3v) is 5.05. The third kappa shape index (κ3) is 3.15. The molecule has 0 spiro atoms. The van der Waals surface area contributed by atoms with Crippen LogP contribution in [0.5, 0.6) is 0 Å². The Bertz CT molecular complexity index is 1080. The first kappa shape index (κ1) is 16.2. The first-order valence-electron chi connectivity index (χ1n) is 7.35. The van der Waals surface area contributed by atoms with E-state index >= 15 is 0 Å². The standard InChI is InChI=1S/C16H11N5O3S2/c17-13(22)9-4-8(5-18-9)10-6-26-16(20-10)21-14(23)11-7-25-15(19-11)12-2-1-3-24-12/h1-7,18H,(H2,17,22)(H,20,21,23). The van der Waals surface area contributed by atoms with E-state index in [4.69, 9.17) is 10.2 Å². The number of H-pyrrole nitrogens is 1. The van der Waals surface area contributed by atoms with Gasteiger partial charge in [0.15, 0.2) is 15.9 Å².